The third kappa shape index (κ3) is 1.63. The van der Waals surface area contributed by atoms with E-state index >= 15 is 0 Å². The van der Waals surface area contributed by atoms with Gasteiger partial charge in [0.25, 0.3) is 0 Å². The molecule has 2 aromatic rings. The summed E-state index contributed by atoms with van der Waals surface area (Å²) >= 11 is 0. The van der Waals surface area contributed by atoms with Gasteiger partial charge in [0.15, 0.2) is 11.5 Å². The molecule has 1 heterocycles. The number of hydrogen-bond donors (Lipinski definition) is 0. The van der Waals surface area contributed by atoms with Gasteiger partial charge in [-0.2, -0.15) is 5.26 Å². The number of benzene rings is 1. The van der Waals surface area contributed by atoms with Crippen molar-refractivity contribution < 1.29 is 9.47 Å². The second-order valence-corrected chi connectivity index (χ2v) is 3.24. The van der Waals surface area contributed by atoms with Gasteiger partial charge in [-0.15, -0.1) is 0 Å². The first-order chi connectivity index (χ1) is 7.78. The molecule has 0 bridgehead atoms. The molecule has 1 aromatic carbocycles. The van der Waals surface area contributed by atoms with E-state index < -0.39 is 0 Å². The Morgan fingerprint density at radius 3 is 2.44 bits per heavy atom. The van der Waals surface area contributed by atoms with Crippen LogP contribution in [0.3, 0.4) is 0 Å². The molecule has 0 fully saturated rings. The number of pyridine rings is 1. The molecule has 0 radical (unpaired) electrons. The molecule has 0 amide bonds. The summed E-state index contributed by atoms with van der Waals surface area (Å²) in [6.07, 6.45) is 1.54. The lowest BCUT2D eigenvalue weighted by molar-refractivity contribution is 0.356. The zero-order chi connectivity index (χ0) is 11.5. The highest BCUT2D eigenvalue weighted by Crippen LogP contribution is 2.31. The third-order valence-corrected chi connectivity index (χ3v) is 2.32. The van der Waals surface area contributed by atoms with E-state index in [1.54, 1.807) is 26.4 Å². The summed E-state index contributed by atoms with van der Waals surface area (Å²) in [5, 5.41) is 9.64. The molecule has 0 N–H and O–H groups in total. The van der Waals surface area contributed by atoms with E-state index in [9.17, 15) is 0 Å². The Labute approximate surface area is 93.0 Å². The van der Waals surface area contributed by atoms with Crippen LogP contribution in [0.25, 0.3) is 10.9 Å². The molecule has 4 nitrogen and oxygen atoms in total. The van der Waals surface area contributed by atoms with Crippen LogP contribution in [0.5, 0.6) is 11.5 Å². The molecule has 0 aliphatic carbocycles. The molecule has 1 aromatic heterocycles. The molecule has 0 spiro atoms. The SMILES string of the molecule is COc1cc2cc(C#N)cnc2cc1OC. The zero-order valence-electron chi connectivity index (χ0n) is 9.02. The second kappa shape index (κ2) is 4.07. The van der Waals surface area contributed by atoms with Crippen molar-refractivity contribution in [2.75, 3.05) is 14.2 Å². The van der Waals surface area contributed by atoms with Gasteiger partial charge < -0.3 is 9.47 Å². The van der Waals surface area contributed by atoms with E-state index in [0.29, 0.717) is 17.1 Å². The summed E-state index contributed by atoms with van der Waals surface area (Å²) in [6.45, 7) is 0. The minimum Gasteiger partial charge on any atom is -0.493 e. The third-order valence-electron chi connectivity index (χ3n) is 2.32. The van der Waals surface area contributed by atoms with E-state index in [0.717, 1.165) is 10.9 Å². The minimum absolute atomic E-state index is 0.528. The van der Waals surface area contributed by atoms with Crippen molar-refractivity contribution in [2.24, 2.45) is 0 Å². The number of ether oxygens (including phenoxy) is 2. The van der Waals surface area contributed by atoms with Gasteiger partial charge in [-0.25, -0.2) is 0 Å². The molecule has 16 heavy (non-hydrogen) atoms. The van der Waals surface area contributed by atoms with Crippen molar-refractivity contribution in [3.63, 3.8) is 0 Å². The van der Waals surface area contributed by atoms with Crippen molar-refractivity contribution in [3.8, 4) is 17.6 Å². The summed E-state index contributed by atoms with van der Waals surface area (Å²) in [4.78, 5) is 4.18. The van der Waals surface area contributed by atoms with E-state index in [2.05, 4.69) is 11.1 Å². The average Bonchev–Trinajstić information content (AvgIpc) is 2.36. The van der Waals surface area contributed by atoms with Crippen LogP contribution in [-0.4, -0.2) is 19.2 Å². The topological polar surface area (TPSA) is 55.1 Å². The van der Waals surface area contributed by atoms with Crippen molar-refractivity contribution in [3.05, 3.63) is 30.0 Å². The van der Waals surface area contributed by atoms with E-state index in [4.69, 9.17) is 14.7 Å². The largest absolute Gasteiger partial charge is 0.493 e. The van der Waals surface area contributed by atoms with Crippen LogP contribution in [0.1, 0.15) is 5.56 Å². The highest BCUT2D eigenvalue weighted by atomic mass is 16.5. The van der Waals surface area contributed by atoms with Gasteiger partial charge in [0, 0.05) is 17.6 Å². The van der Waals surface area contributed by atoms with Crippen molar-refractivity contribution in [2.45, 2.75) is 0 Å². The van der Waals surface area contributed by atoms with Gasteiger partial charge in [0.1, 0.15) is 6.07 Å². The second-order valence-electron chi connectivity index (χ2n) is 3.24. The van der Waals surface area contributed by atoms with Gasteiger partial charge in [-0.1, -0.05) is 0 Å². The van der Waals surface area contributed by atoms with Crippen LogP contribution >= 0.6 is 0 Å². The molecule has 0 saturated carbocycles. The summed E-state index contributed by atoms with van der Waals surface area (Å²) < 4.78 is 10.4. The van der Waals surface area contributed by atoms with Crippen LogP contribution < -0.4 is 9.47 Å². The maximum atomic E-state index is 8.78. The van der Waals surface area contributed by atoms with E-state index in [1.807, 2.05) is 6.07 Å². The number of nitrogens with zero attached hydrogens (tertiary/aromatic N) is 2. The highest BCUT2D eigenvalue weighted by Gasteiger charge is 2.06. The molecule has 0 unspecified atom stereocenters. The Morgan fingerprint density at radius 1 is 1.12 bits per heavy atom. The number of hydrogen-bond acceptors (Lipinski definition) is 4. The lowest BCUT2D eigenvalue weighted by Gasteiger charge is -2.08. The molecule has 0 aliphatic heterocycles. The predicted molar refractivity (Wildman–Crippen MR) is 59.6 cm³/mol. The molecule has 0 aliphatic rings. The molecular weight excluding hydrogens is 204 g/mol. The van der Waals surface area contributed by atoms with Crippen LogP contribution in [0, 0.1) is 11.3 Å². The lowest BCUT2D eigenvalue weighted by Crippen LogP contribution is -1.91. The van der Waals surface area contributed by atoms with Gasteiger partial charge in [0.05, 0.1) is 25.3 Å². The molecule has 0 saturated heterocycles. The normalized spacial score (nSPS) is 9.81. The highest BCUT2D eigenvalue weighted by molar-refractivity contribution is 5.83. The van der Waals surface area contributed by atoms with Gasteiger partial charge >= 0.3 is 0 Å². The first kappa shape index (κ1) is 10.2. The summed E-state index contributed by atoms with van der Waals surface area (Å²) in [6, 6.07) is 7.41. The van der Waals surface area contributed by atoms with Gasteiger partial charge in [0.2, 0.25) is 0 Å². The Balaban J connectivity index is 2.69. The zero-order valence-corrected chi connectivity index (χ0v) is 9.02. The smallest absolute Gasteiger partial charge is 0.162 e. The number of rotatable bonds is 2. The fraction of sp³-hybridized carbons (Fsp3) is 0.167. The fourth-order valence-corrected chi connectivity index (χ4v) is 1.52. The molecule has 0 atom stereocenters. The van der Waals surface area contributed by atoms with Gasteiger partial charge in [-0.3, -0.25) is 4.98 Å². The summed E-state index contributed by atoms with van der Waals surface area (Å²) in [5.41, 5.74) is 1.30. The summed E-state index contributed by atoms with van der Waals surface area (Å²) in [5.74, 6) is 1.26. The van der Waals surface area contributed by atoms with Crippen molar-refractivity contribution >= 4 is 10.9 Å². The van der Waals surface area contributed by atoms with Gasteiger partial charge in [-0.05, 0) is 12.1 Å². The quantitative estimate of drug-likeness (QED) is 0.768. The van der Waals surface area contributed by atoms with Crippen LogP contribution in [0.4, 0.5) is 0 Å². The Hall–Kier alpha value is -2.28. The lowest BCUT2D eigenvalue weighted by atomic mass is 10.1. The van der Waals surface area contributed by atoms with E-state index in [1.165, 1.54) is 6.20 Å². The monoisotopic (exact) mass is 214 g/mol. The Kier molecular flexibility index (Phi) is 2.61. The Bertz CT molecular complexity index is 573. The first-order valence-electron chi connectivity index (χ1n) is 4.70. The van der Waals surface area contributed by atoms with Crippen LogP contribution in [0.15, 0.2) is 24.4 Å². The average molecular weight is 214 g/mol. The van der Waals surface area contributed by atoms with Crippen LogP contribution in [-0.2, 0) is 0 Å². The molecule has 2 rings (SSSR count). The maximum Gasteiger partial charge on any atom is 0.162 e. The number of methoxy groups -OCH3 is 2. The molecule has 80 valence electrons. The van der Waals surface area contributed by atoms with Crippen LogP contribution in [0.2, 0.25) is 0 Å². The summed E-state index contributed by atoms with van der Waals surface area (Å²) in [7, 11) is 3.15. The van der Waals surface area contributed by atoms with E-state index in [-0.39, 0.29) is 0 Å². The standard InChI is InChI=1S/C12H10N2O2/c1-15-11-4-9-3-8(6-13)7-14-10(9)5-12(11)16-2/h3-5,7H,1-2H3. The minimum atomic E-state index is 0.528. The first-order valence-corrected chi connectivity index (χ1v) is 4.70. The van der Waals surface area contributed by atoms with Crippen molar-refractivity contribution in [1.29, 1.82) is 5.26 Å². The predicted octanol–water partition coefficient (Wildman–Crippen LogP) is 2.12. The molecular formula is C12H10N2O2. The number of nitriles is 1. The van der Waals surface area contributed by atoms with Crippen molar-refractivity contribution in [1.82, 2.24) is 4.98 Å². The molecule has 4 heteroatoms. The number of aromatic nitrogens is 1. The maximum absolute atomic E-state index is 8.78. The fourth-order valence-electron chi connectivity index (χ4n) is 1.52. The number of fused-ring (bicyclic) bond motifs is 1. The Morgan fingerprint density at radius 2 is 1.81 bits per heavy atom.